The lowest BCUT2D eigenvalue weighted by Crippen LogP contribution is -2.22. The lowest BCUT2D eigenvalue weighted by molar-refractivity contribution is 0.513. The van der Waals surface area contributed by atoms with Gasteiger partial charge in [-0.1, -0.05) is 6.42 Å². The van der Waals surface area contributed by atoms with Crippen LogP contribution < -0.4 is 5.32 Å². The van der Waals surface area contributed by atoms with Crippen LogP contribution in [-0.2, 0) is 7.05 Å². The van der Waals surface area contributed by atoms with Crippen LogP contribution in [0.25, 0.3) is 0 Å². The molecule has 1 rings (SSSR count). The quantitative estimate of drug-likeness (QED) is 0.710. The maximum Gasteiger partial charge on any atom is 0.0547 e. The second kappa shape index (κ2) is 7.74. The van der Waals surface area contributed by atoms with Gasteiger partial charge in [-0.15, -0.1) is 0 Å². The number of hydrogen-bond donors (Lipinski definition) is 1. The lowest BCUT2D eigenvalue weighted by Gasteiger charge is -2.13. The Morgan fingerprint density at radius 3 is 2.88 bits per heavy atom. The van der Waals surface area contributed by atoms with E-state index in [0.717, 1.165) is 6.54 Å². The first-order chi connectivity index (χ1) is 7.75. The van der Waals surface area contributed by atoms with Gasteiger partial charge >= 0.3 is 0 Å². The number of nitrogens with zero attached hydrogens (tertiary/aromatic N) is 2. The molecule has 0 aliphatic rings. The van der Waals surface area contributed by atoms with Gasteiger partial charge in [0, 0.05) is 19.3 Å². The summed E-state index contributed by atoms with van der Waals surface area (Å²) in [6.07, 6.45) is 7.95. The molecule has 16 heavy (non-hydrogen) atoms. The number of hydrogen-bond acceptors (Lipinski definition) is 3. The van der Waals surface area contributed by atoms with Crippen molar-refractivity contribution < 1.29 is 0 Å². The summed E-state index contributed by atoms with van der Waals surface area (Å²) in [5.74, 6) is 1.29. The van der Waals surface area contributed by atoms with E-state index in [1.54, 1.807) is 0 Å². The van der Waals surface area contributed by atoms with E-state index in [2.05, 4.69) is 29.7 Å². The van der Waals surface area contributed by atoms with E-state index in [4.69, 9.17) is 0 Å². The highest BCUT2D eigenvalue weighted by Crippen LogP contribution is 2.10. The summed E-state index contributed by atoms with van der Waals surface area (Å²) in [6.45, 7) is 3.29. The van der Waals surface area contributed by atoms with Gasteiger partial charge in [0.2, 0.25) is 0 Å². The van der Waals surface area contributed by atoms with Crippen LogP contribution in [0.4, 0.5) is 0 Å². The van der Waals surface area contributed by atoms with E-state index in [-0.39, 0.29) is 0 Å². The predicted molar refractivity (Wildman–Crippen MR) is 71.9 cm³/mol. The molecule has 1 aromatic rings. The maximum absolute atomic E-state index is 4.18. The average molecular weight is 241 g/mol. The molecule has 1 N–H and O–H groups in total. The third-order valence-electron chi connectivity index (χ3n) is 2.78. The molecule has 1 aromatic heterocycles. The predicted octanol–water partition coefficient (Wildman–Crippen LogP) is 2.60. The van der Waals surface area contributed by atoms with E-state index in [0.29, 0.717) is 6.04 Å². The van der Waals surface area contributed by atoms with E-state index in [1.165, 1.54) is 30.7 Å². The van der Waals surface area contributed by atoms with Crippen molar-refractivity contribution in [3.63, 3.8) is 0 Å². The minimum Gasteiger partial charge on any atom is -0.309 e. The van der Waals surface area contributed by atoms with Crippen LogP contribution in [0.5, 0.6) is 0 Å². The first-order valence-corrected chi connectivity index (χ1v) is 7.35. The Balaban J connectivity index is 2.11. The van der Waals surface area contributed by atoms with Gasteiger partial charge in [0.25, 0.3) is 0 Å². The van der Waals surface area contributed by atoms with Gasteiger partial charge in [-0.25, -0.2) is 0 Å². The number of aromatic nitrogens is 2. The normalized spacial score (nSPS) is 12.9. The molecule has 0 radical (unpaired) electrons. The van der Waals surface area contributed by atoms with Gasteiger partial charge in [0.1, 0.15) is 0 Å². The highest BCUT2D eigenvalue weighted by molar-refractivity contribution is 7.98. The fourth-order valence-electron chi connectivity index (χ4n) is 1.78. The van der Waals surface area contributed by atoms with Gasteiger partial charge in [-0.2, -0.15) is 16.9 Å². The van der Waals surface area contributed by atoms with Crippen molar-refractivity contribution in [3.8, 4) is 0 Å². The molecule has 1 heterocycles. The van der Waals surface area contributed by atoms with E-state index < -0.39 is 0 Å². The van der Waals surface area contributed by atoms with E-state index >= 15 is 0 Å². The second-order valence-corrected chi connectivity index (χ2v) is 5.09. The number of nitrogens with one attached hydrogen (secondary N) is 1. The Labute approximate surface area is 103 Å². The summed E-state index contributed by atoms with van der Waals surface area (Å²) in [4.78, 5) is 0. The van der Waals surface area contributed by atoms with Crippen molar-refractivity contribution in [2.24, 2.45) is 7.05 Å². The highest BCUT2D eigenvalue weighted by atomic mass is 32.2. The van der Waals surface area contributed by atoms with Crippen molar-refractivity contribution in [3.05, 3.63) is 18.0 Å². The van der Waals surface area contributed by atoms with E-state index in [9.17, 15) is 0 Å². The van der Waals surface area contributed by atoms with Crippen LogP contribution in [-0.4, -0.2) is 28.3 Å². The van der Waals surface area contributed by atoms with Crippen LogP contribution >= 0.6 is 11.8 Å². The van der Waals surface area contributed by atoms with Crippen molar-refractivity contribution in [2.75, 3.05) is 18.6 Å². The Morgan fingerprint density at radius 1 is 1.44 bits per heavy atom. The summed E-state index contributed by atoms with van der Waals surface area (Å²) in [5.41, 5.74) is 1.25. The highest BCUT2D eigenvalue weighted by Gasteiger charge is 2.07. The first-order valence-electron chi connectivity index (χ1n) is 5.96. The van der Waals surface area contributed by atoms with Crippen LogP contribution in [0.1, 0.15) is 37.9 Å². The van der Waals surface area contributed by atoms with Crippen LogP contribution in [0.2, 0.25) is 0 Å². The summed E-state index contributed by atoms with van der Waals surface area (Å²) in [6, 6.07) is 2.47. The zero-order chi connectivity index (χ0) is 11.8. The largest absolute Gasteiger partial charge is 0.309 e. The van der Waals surface area contributed by atoms with Gasteiger partial charge in [0.15, 0.2) is 0 Å². The molecule has 0 saturated heterocycles. The fourth-order valence-corrected chi connectivity index (χ4v) is 2.27. The minimum atomic E-state index is 0.396. The number of unbranched alkanes of at least 4 members (excludes halogenated alkanes) is 2. The molecule has 0 aliphatic carbocycles. The van der Waals surface area contributed by atoms with Crippen molar-refractivity contribution >= 4 is 11.8 Å². The van der Waals surface area contributed by atoms with Gasteiger partial charge in [0.05, 0.1) is 5.69 Å². The van der Waals surface area contributed by atoms with Gasteiger partial charge in [-0.05, 0) is 44.4 Å². The Bertz CT molecular complexity index is 286. The number of rotatable bonds is 8. The summed E-state index contributed by atoms with van der Waals surface area (Å²) < 4.78 is 1.94. The molecule has 0 bridgehead atoms. The molecule has 1 unspecified atom stereocenters. The topological polar surface area (TPSA) is 29.9 Å². The third kappa shape index (κ3) is 4.58. The molecule has 0 aromatic carbocycles. The molecule has 4 heteroatoms. The van der Waals surface area contributed by atoms with Crippen molar-refractivity contribution in [1.82, 2.24) is 15.1 Å². The third-order valence-corrected chi connectivity index (χ3v) is 3.48. The fraction of sp³-hybridized carbons (Fsp3) is 0.750. The standard InChI is InChI=1S/C12H23N3S/c1-11(12-7-9-14-15(12)2)13-8-5-4-6-10-16-3/h7,9,11,13H,4-6,8,10H2,1-3H3. The zero-order valence-corrected chi connectivity index (χ0v) is 11.4. The molecule has 0 amide bonds. The molecule has 0 fully saturated rings. The molecule has 0 saturated carbocycles. The molecular weight excluding hydrogens is 218 g/mol. The van der Waals surface area contributed by atoms with Crippen LogP contribution in [0.3, 0.4) is 0 Å². The second-order valence-electron chi connectivity index (χ2n) is 4.11. The number of thioether (sulfide) groups is 1. The lowest BCUT2D eigenvalue weighted by atomic mass is 10.2. The van der Waals surface area contributed by atoms with Crippen LogP contribution in [0, 0.1) is 0 Å². The minimum absolute atomic E-state index is 0.396. The average Bonchev–Trinajstić information content (AvgIpc) is 2.69. The molecule has 0 aliphatic heterocycles. The zero-order valence-electron chi connectivity index (χ0n) is 10.6. The molecular formula is C12H23N3S. The van der Waals surface area contributed by atoms with Gasteiger partial charge in [-0.3, -0.25) is 4.68 Å². The summed E-state index contributed by atoms with van der Waals surface area (Å²) in [7, 11) is 1.99. The van der Waals surface area contributed by atoms with Crippen LogP contribution in [0.15, 0.2) is 12.3 Å². The number of aryl methyl sites for hydroxylation is 1. The Morgan fingerprint density at radius 2 is 2.25 bits per heavy atom. The van der Waals surface area contributed by atoms with E-state index in [1.807, 2.05) is 29.7 Å². The summed E-state index contributed by atoms with van der Waals surface area (Å²) in [5, 5.41) is 7.72. The molecule has 92 valence electrons. The SMILES string of the molecule is CSCCCCCNC(C)c1ccnn1C. The van der Waals surface area contributed by atoms with Crippen molar-refractivity contribution in [1.29, 1.82) is 0 Å². The molecule has 0 spiro atoms. The van der Waals surface area contributed by atoms with Gasteiger partial charge < -0.3 is 5.32 Å². The molecule has 3 nitrogen and oxygen atoms in total. The maximum atomic E-state index is 4.18. The molecule has 1 atom stereocenters. The monoisotopic (exact) mass is 241 g/mol. The Hall–Kier alpha value is -0.480. The smallest absolute Gasteiger partial charge is 0.0547 e. The van der Waals surface area contributed by atoms with Crippen molar-refractivity contribution in [2.45, 2.75) is 32.2 Å². The Kier molecular flexibility index (Phi) is 6.57. The summed E-state index contributed by atoms with van der Waals surface area (Å²) >= 11 is 1.93. The first kappa shape index (κ1) is 13.6.